The number of aldehydes is 1. The van der Waals surface area contributed by atoms with Gasteiger partial charge in [-0.25, -0.2) is 0 Å². The second-order valence-electron chi connectivity index (χ2n) is 10.2. The molecule has 6 nitrogen and oxygen atoms in total. The number of halogens is 2. The van der Waals surface area contributed by atoms with E-state index in [0.717, 1.165) is 47.3 Å². The first-order valence-corrected chi connectivity index (χ1v) is 14.8. The zero-order valence-electron chi connectivity index (χ0n) is 23.5. The first-order valence-electron chi connectivity index (χ1n) is 13.9. The number of nitrogens with zero attached hydrogens (tertiary/aromatic N) is 2. The summed E-state index contributed by atoms with van der Waals surface area (Å²) >= 11 is 12.4. The lowest BCUT2D eigenvalue weighted by Crippen LogP contribution is -2.06. The van der Waals surface area contributed by atoms with Gasteiger partial charge in [0.05, 0.1) is 40.5 Å². The molecule has 43 heavy (non-hydrogen) atoms. The van der Waals surface area contributed by atoms with Crippen LogP contribution in [-0.4, -0.2) is 18.8 Å². The number of benzene rings is 4. The fraction of sp³-hybridized carbons (Fsp3) is 0.229. The molecule has 0 fully saturated rings. The first kappa shape index (κ1) is 30.0. The SMILES string of the molecule is Cc1c(OCCCCl)cccc1-c1cccc2c1CCC2Oc1cc(OCc2cc(C#N)cc(C#N)c2)c(C=O)cc1Cl. The van der Waals surface area contributed by atoms with E-state index in [2.05, 4.69) is 25.1 Å². The molecule has 8 heteroatoms. The number of carbonyl (C=O) groups is 1. The van der Waals surface area contributed by atoms with Crippen molar-refractivity contribution in [1.82, 2.24) is 0 Å². The summed E-state index contributed by atoms with van der Waals surface area (Å²) in [5.41, 5.74) is 7.25. The molecule has 216 valence electrons. The van der Waals surface area contributed by atoms with Crippen molar-refractivity contribution in [3.05, 3.63) is 111 Å². The van der Waals surface area contributed by atoms with E-state index in [-0.39, 0.29) is 18.3 Å². The molecule has 4 aromatic rings. The van der Waals surface area contributed by atoms with Crippen LogP contribution in [0, 0.1) is 29.6 Å². The van der Waals surface area contributed by atoms with Gasteiger partial charge in [0.1, 0.15) is 30.0 Å². The highest BCUT2D eigenvalue weighted by atomic mass is 35.5. The van der Waals surface area contributed by atoms with Crippen molar-refractivity contribution in [2.45, 2.75) is 38.9 Å². The largest absolute Gasteiger partial charge is 0.493 e. The molecule has 0 bridgehead atoms. The quantitative estimate of drug-likeness (QED) is 0.0959. The van der Waals surface area contributed by atoms with Crippen LogP contribution in [0.3, 0.4) is 0 Å². The molecule has 5 rings (SSSR count). The number of hydrogen-bond acceptors (Lipinski definition) is 6. The average Bonchev–Trinajstić information content (AvgIpc) is 3.44. The lowest BCUT2D eigenvalue weighted by molar-refractivity contribution is 0.111. The van der Waals surface area contributed by atoms with Crippen molar-refractivity contribution in [2.24, 2.45) is 0 Å². The molecule has 4 aromatic carbocycles. The van der Waals surface area contributed by atoms with E-state index in [1.54, 1.807) is 18.2 Å². The molecule has 0 radical (unpaired) electrons. The van der Waals surface area contributed by atoms with Crippen molar-refractivity contribution in [2.75, 3.05) is 12.5 Å². The predicted molar refractivity (Wildman–Crippen MR) is 166 cm³/mol. The molecule has 0 spiro atoms. The van der Waals surface area contributed by atoms with Gasteiger partial charge in [-0.3, -0.25) is 4.79 Å². The van der Waals surface area contributed by atoms with Crippen molar-refractivity contribution in [3.8, 4) is 40.5 Å². The second-order valence-corrected chi connectivity index (χ2v) is 11.0. The van der Waals surface area contributed by atoms with Gasteiger partial charge in [-0.1, -0.05) is 41.9 Å². The summed E-state index contributed by atoms with van der Waals surface area (Å²) in [5.74, 6) is 2.11. The molecule has 1 aliphatic carbocycles. The van der Waals surface area contributed by atoms with Gasteiger partial charge in [0, 0.05) is 11.9 Å². The van der Waals surface area contributed by atoms with Crippen LogP contribution in [0.15, 0.2) is 66.7 Å². The average molecular weight is 612 g/mol. The zero-order chi connectivity index (χ0) is 30.3. The van der Waals surface area contributed by atoms with Crippen LogP contribution >= 0.6 is 23.2 Å². The van der Waals surface area contributed by atoms with Crippen LogP contribution in [0.25, 0.3) is 11.1 Å². The summed E-state index contributed by atoms with van der Waals surface area (Å²) in [7, 11) is 0. The van der Waals surface area contributed by atoms with Crippen LogP contribution in [0.5, 0.6) is 17.2 Å². The van der Waals surface area contributed by atoms with Crippen molar-refractivity contribution >= 4 is 29.5 Å². The summed E-state index contributed by atoms with van der Waals surface area (Å²) in [6.07, 6.45) is 2.81. The highest BCUT2D eigenvalue weighted by Crippen LogP contribution is 2.44. The molecule has 0 heterocycles. The number of alkyl halides is 1. The van der Waals surface area contributed by atoms with Gasteiger partial charge < -0.3 is 14.2 Å². The highest BCUT2D eigenvalue weighted by molar-refractivity contribution is 6.32. The van der Waals surface area contributed by atoms with Gasteiger partial charge in [0.2, 0.25) is 0 Å². The maximum Gasteiger partial charge on any atom is 0.153 e. The molecule has 1 atom stereocenters. The van der Waals surface area contributed by atoms with E-state index < -0.39 is 0 Å². The number of carbonyl (C=O) groups excluding carboxylic acids is 1. The fourth-order valence-corrected chi connectivity index (χ4v) is 5.69. The maximum absolute atomic E-state index is 11.8. The zero-order valence-corrected chi connectivity index (χ0v) is 25.0. The maximum atomic E-state index is 11.8. The smallest absolute Gasteiger partial charge is 0.153 e. The molecule has 0 N–H and O–H groups in total. The normalized spacial score (nSPS) is 13.5. The minimum atomic E-state index is -0.240. The van der Waals surface area contributed by atoms with E-state index >= 15 is 0 Å². The van der Waals surface area contributed by atoms with E-state index in [0.29, 0.717) is 52.0 Å². The van der Waals surface area contributed by atoms with Gasteiger partial charge in [-0.05, 0) is 89.9 Å². The predicted octanol–water partition coefficient (Wildman–Crippen LogP) is 8.52. The Kier molecular flexibility index (Phi) is 9.52. The molecule has 1 unspecified atom stereocenters. The number of rotatable bonds is 11. The number of hydrogen-bond donors (Lipinski definition) is 0. The topological polar surface area (TPSA) is 92.3 Å². The lowest BCUT2D eigenvalue weighted by atomic mass is 9.93. The van der Waals surface area contributed by atoms with E-state index in [9.17, 15) is 15.3 Å². The van der Waals surface area contributed by atoms with Crippen molar-refractivity contribution in [3.63, 3.8) is 0 Å². The monoisotopic (exact) mass is 610 g/mol. The number of ether oxygens (including phenoxy) is 3. The Hall–Kier alpha value is -4.49. The number of fused-ring (bicyclic) bond motifs is 1. The molecule has 1 aliphatic rings. The summed E-state index contributed by atoms with van der Waals surface area (Å²) in [6, 6.07) is 24.4. The van der Waals surface area contributed by atoms with E-state index in [1.807, 2.05) is 30.3 Å². The van der Waals surface area contributed by atoms with E-state index in [1.165, 1.54) is 17.7 Å². The van der Waals surface area contributed by atoms with Crippen LogP contribution in [-0.2, 0) is 13.0 Å². The van der Waals surface area contributed by atoms with E-state index in [4.69, 9.17) is 37.4 Å². The third-order valence-electron chi connectivity index (χ3n) is 7.43. The third kappa shape index (κ3) is 6.62. The van der Waals surface area contributed by atoms with Crippen LogP contribution in [0.2, 0.25) is 5.02 Å². The van der Waals surface area contributed by atoms with Crippen LogP contribution in [0.4, 0.5) is 0 Å². The van der Waals surface area contributed by atoms with Gasteiger partial charge in [-0.2, -0.15) is 10.5 Å². The molecular weight excluding hydrogens is 583 g/mol. The lowest BCUT2D eigenvalue weighted by Gasteiger charge is -2.19. The molecule has 0 aliphatic heterocycles. The van der Waals surface area contributed by atoms with Crippen molar-refractivity contribution < 1.29 is 19.0 Å². The first-order chi connectivity index (χ1) is 20.9. The number of nitriles is 2. The van der Waals surface area contributed by atoms with Gasteiger partial charge in [0.25, 0.3) is 0 Å². The minimum Gasteiger partial charge on any atom is -0.493 e. The Morgan fingerprint density at radius 3 is 2.40 bits per heavy atom. The Bertz CT molecular complexity index is 1720. The minimum absolute atomic E-state index is 0.0513. The Morgan fingerprint density at radius 2 is 1.67 bits per heavy atom. The fourth-order valence-electron chi connectivity index (χ4n) is 5.37. The highest BCUT2D eigenvalue weighted by Gasteiger charge is 2.28. The summed E-state index contributed by atoms with van der Waals surface area (Å²) in [6.45, 7) is 2.69. The molecule has 0 saturated heterocycles. The Labute approximate surface area is 261 Å². The molecule has 0 amide bonds. The third-order valence-corrected chi connectivity index (χ3v) is 7.99. The van der Waals surface area contributed by atoms with Crippen LogP contribution in [0.1, 0.15) is 62.7 Å². The van der Waals surface area contributed by atoms with Gasteiger partial charge in [0.15, 0.2) is 6.29 Å². The van der Waals surface area contributed by atoms with Crippen molar-refractivity contribution in [1.29, 1.82) is 10.5 Å². The Balaban J connectivity index is 1.39. The Morgan fingerprint density at radius 1 is 0.930 bits per heavy atom. The molecular formula is C35H28Cl2N2O4. The summed E-state index contributed by atoms with van der Waals surface area (Å²) in [4.78, 5) is 11.8. The molecule has 0 aromatic heterocycles. The van der Waals surface area contributed by atoms with Crippen LogP contribution < -0.4 is 14.2 Å². The summed E-state index contributed by atoms with van der Waals surface area (Å²) in [5, 5.41) is 18.9. The van der Waals surface area contributed by atoms with Gasteiger partial charge in [-0.15, -0.1) is 11.6 Å². The second kappa shape index (κ2) is 13.7. The van der Waals surface area contributed by atoms with Gasteiger partial charge >= 0.3 is 0 Å². The summed E-state index contributed by atoms with van der Waals surface area (Å²) < 4.78 is 18.4. The molecule has 0 saturated carbocycles. The standard InChI is InChI=1S/C35H28Cl2N2O4/c1-22-27(5-3-8-32(22)41-12-4-11-36)28-6-2-7-30-29(28)9-10-33(30)43-35-17-34(26(20-40)16-31(35)37)42-21-25-14-23(18-38)13-24(15-25)19-39/h2-3,5-8,13-17,20,33H,4,9-12,21H2,1H3.